The average molecular weight is 663 g/mol. The Kier molecular flexibility index (Phi) is 9.06. The summed E-state index contributed by atoms with van der Waals surface area (Å²) in [6, 6.07) is 16.4. The molecule has 3 aromatic heterocycles. The van der Waals surface area contributed by atoms with Crippen molar-refractivity contribution in [3.8, 4) is 5.88 Å². The predicted molar refractivity (Wildman–Crippen MR) is 172 cm³/mol. The molecule has 2 fully saturated rings. The van der Waals surface area contributed by atoms with Crippen molar-refractivity contribution >= 4 is 27.9 Å². The summed E-state index contributed by atoms with van der Waals surface area (Å²) in [5.74, 6) is 1.29. The van der Waals surface area contributed by atoms with Crippen LogP contribution in [0.1, 0.15) is 71.9 Å². The lowest BCUT2D eigenvalue weighted by Gasteiger charge is -2.36. The van der Waals surface area contributed by atoms with Gasteiger partial charge in [0, 0.05) is 29.7 Å². The molecule has 5 heterocycles. The van der Waals surface area contributed by atoms with Crippen molar-refractivity contribution in [1.82, 2.24) is 29.2 Å². The highest BCUT2D eigenvalue weighted by molar-refractivity contribution is 5.93. The fraction of sp³-hybridized carbons (Fsp3) is 0.429. The highest BCUT2D eigenvalue weighted by Crippen LogP contribution is 2.34. The van der Waals surface area contributed by atoms with E-state index in [-0.39, 0.29) is 36.2 Å². The van der Waals surface area contributed by atoms with Gasteiger partial charge in [0.2, 0.25) is 5.88 Å². The molecule has 0 spiro atoms. The highest BCUT2D eigenvalue weighted by Gasteiger charge is 2.30. The van der Waals surface area contributed by atoms with Gasteiger partial charge in [-0.25, -0.2) is 32.6 Å². The van der Waals surface area contributed by atoms with Gasteiger partial charge < -0.3 is 18.8 Å². The Morgan fingerprint density at radius 1 is 1.02 bits per heavy atom. The summed E-state index contributed by atoms with van der Waals surface area (Å²) in [4.78, 5) is 24.5. The number of piperidine rings is 1. The molecule has 10 nitrogen and oxygen atoms in total. The second-order valence-corrected chi connectivity index (χ2v) is 12.4. The molecule has 7 rings (SSSR count). The fourth-order valence-electron chi connectivity index (χ4n) is 6.65. The lowest BCUT2D eigenvalue weighted by molar-refractivity contribution is -0.0594. The number of benzene rings is 2. The maximum atomic E-state index is 14.0. The summed E-state index contributed by atoms with van der Waals surface area (Å²) in [5, 5.41) is 4.37. The number of likely N-dealkylation sites (tertiary alicyclic amines) is 1. The molecule has 2 aromatic carbocycles. The van der Waals surface area contributed by atoms with E-state index >= 15 is 0 Å². The minimum atomic E-state index is -3.17. The van der Waals surface area contributed by atoms with Crippen LogP contribution in [0.25, 0.3) is 21.9 Å². The number of ether oxygens (including phenoxy) is 3. The molecule has 48 heavy (non-hydrogen) atoms. The van der Waals surface area contributed by atoms with Crippen molar-refractivity contribution in [2.75, 3.05) is 26.8 Å². The third kappa shape index (κ3) is 6.36. The van der Waals surface area contributed by atoms with Gasteiger partial charge in [-0.3, -0.25) is 4.90 Å². The van der Waals surface area contributed by atoms with Crippen molar-refractivity contribution in [3.05, 3.63) is 83.4 Å². The number of pyridine rings is 1. The van der Waals surface area contributed by atoms with Gasteiger partial charge in [-0.05, 0) is 75.2 Å². The van der Waals surface area contributed by atoms with E-state index in [1.807, 2.05) is 24.3 Å². The molecule has 13 heteroatoms. The molecule has 3 atom stereocenters. The Morgan fingerprint density at radius 2 is 1.83 bits per heavy atom. The summed E-state index contributed by atoms with van der Waals surface area (Å²) >= 11 is 0. The van der Waals surface area contributed by atoms with Gasteiger partial charge in [0.05, 0.1) is 54.1 Å². The zero-order valence-corrected chi connectivity index (χ0v) is 26.8. The van der Waals surface area contributed by atoms with Crippen LogP contribution in [0.2, 0.25) is 0 Å². The zero-order valence-electron chi connectivity index (χ0n) is 26.8. The number of rotatable bonds is 11. The highest BCUT2D eigenvalue weighted by atomic mass is 19.3. The van der Waals surface area contributed by atoms with Crippen LogP contribution in [0, 0.1) is 0 Å². The SMILES string of the molecule is COC(=O)c1ccc2nc([C@H](C)N3CCC(c4cccc(OCc5ccc6cnn(C(F)C(F)F)c6c5)n4)CC3)n(CC3CCO3)c2c1. The number of hydrogen-bond donors (Lipinski definition) is 0. The summed E-state index contributed by atoms with van der Waals surface area (Å²) in [6.45, 7) is 5.48. The number of carbonyl (C=O) groups is 1. The van der Waals surface area contributed by atoms with Crippen molar-refractivity contribution in [3.63, 3.8) is 0 Å². The van der Waals surface area contributed by atoms with Crippen LogP contribution in [0.3, 0.4) is 0 Å². The van der Waals surface area contributed by atoms with Gasteiger partial charge in [0.15, 0.2) is 0 Å². The van der Waals surface area contributed by atoms with Crippen LogP contribution in [0.4, 0.5) is 13.2 Å². The predicted octanol–water partition coefficient (Wildman–Crippen LogP) is 6.61. The van der Waals surface area contributed by atoms with Crippen molar-refractivity contribution in [1.29, 1.82) is 0 Å². The number of imidazole rings is 1. The van der Waals surface area contributed by atoms with Crippen LogP contribution in [-0.2, 0) is 22.6 Å². The summed E-state index contributed by atoms with van der Waals surface area (Å²) in [7, 11) is 1.38. The molecule has 2 aliphatic rings. The Balaban J connectivity index is 1.02. The molecule has 0 bridgehead atoms. The maximum Gasteiger partial charge on any atom is 0.337 e. The van der Waals surface area contributed by atoms with Crippen molar-refractivity contribution < 1.29 is 32.2 Å². The fourth-order valence-corrected chi connectivity index (χ4v) is 6.65. The molecule has 252 valence electrons. The second kappa shape index (κ2) is 13.6. The second-order valence-electron chi connectivity index (χ2n) is 12.4. The van der Waals surface area contributed by atoms with Gasteiger partial charge in [0.1, 0.15) is 12.4 Å². The number of halogens is 3. The molecule has 0 amide bonds. The van der Waals surface area contributed by atoms with Gasteiger partial charge >= 0.3 is 5.97 Å². The molecule has 0 radical (unpaired) electrons. The molecule has 0 aliphatic carbocycles. The lowest BCUT2D eigenvalue weighted by atomic mass is 9.92. The normalized spacial score (nSPS) is 18.7. The molecule has 0 N–H and O–H groups in total. The Bertz CT molecular complexity index is 1920. The van der Waals surface area contributed by atoms with Crippen LogP contribution in [-0.4, -0.2) is 74.5 Å². The third-order valence-electron chi connectivity index (χ3n) is 9.48. The van der Waals surface area contributed by atoms with E-state index in [1.54, 1.807) is 30.3 Å². The number of aromatic nitrogens is 5. The standard InChI is InChI=1S/C35H37F3N6O4/c1-21(34-41-28-9-8-24(35(45)46-2)17-30(28)43(34)19-26-12-15-47-26)42-13-10-23(11-14-42)27-4-3-5-31(40-27)48-20-22-6-7-25-18-39-44(29(25)16-22)33(38)32(36)37/h3-9,16-18,21,23,26,32-33H,10-15,19-20H2,1-2H3/t21-,26?,33?/m0/s1. The van der Waals surface area contributed by atoms with E-state index in [9.17, 15) is 18.0 Å². The van der Waals surface area contributed by atoms with E-state index in [0.717, 1.165) is 61.5 Å². The monoisotopic (exact) mass is 662 g/mol. The molecule has 2 aliphatic heterocycles. The third-order valence-corrected chi connectivity index (χ3v) is 9.48. The van der Waals surface area contributed by atoms with E-state index < -0.39 is 12.7 Å². The molecule has 2 unspecified atom stereocenters. The smallest absolute Gasteiger partial charge is 0.337 e. The van der Waals surface area contributed by atoms with Crippen molar-refractivity contribution in [2.45, 2.75) is 70.1 Å². The molecule has 2 saturated heterocycles. The molecule has 5 aromatic rings. The number of nitrogens with zero attached hydrogens (tertiary/aromatic N) is 6. The first-order chi connectivity index (χ1) is 23.3. The van der Waals surface area contributed by atoms with E-state index in [2.05, 4.69) is 21.5 Å². The Morgan fingerprint density at radius 3 is 2.56 bits per heavy atom. The molecular formula is C35H37F3N6O4. The number of alkyl halides is 3. The lowest BCUT2D eigenvalue weighted by Crippen LogP contribution is -2.37. The van der Waals surface area contributed by atoms with Gasteiger partial charge in [-0.1, -0.05) is 18.2 Å². The van der Waals surface area contributed by atoms with Crippen LogP contribution >= 0.6 is 0 Å². The number of fused-ring (bicyclic) bond motifs is 2. The van der Waals surface area contributed by atoms with E-state index in [1.165, 1.54) is 13.3 Å². The van der Waals surface area contributed by atoms with E-state index in [4.69, 9.17) is 24.2 Å². The van der Waals surface area contributed by atoms with Crippen molar-refractivity contribution in [2.24, 2.45) is 0 Å². The van der Waals surface area contributed by atoms with Crippen LogP contribution < -0.4 is 4.74 Å². The summed E-state index contributed by atoms with van der Waals surface area (Å²) in [5.41, 5.74) is 4.16. The molecular weight excluding hydrogens is 625 g/mol. The summed E-state index contributed by atoms with van der Waals surface area (Å²) < 4.78 is 59.6. The van der Waals surface area contributed by atoms with E-state index in [0.29, 0.717) is 33.6 Å². The summed E-state index contributed by atoms with van der Waals surface area (Å²) in [6.07, 6.45) is -1.38. The van der Waals surface area contributed by atoms with Crippen LogP contribution in [0.15, 0.2) is 60.8 Å². The van der Waals surface area contributed by atoms with Crippen LogP contribution in [0.5, 0.6) is 5.88 Å². The first kappa shape index (κ1) is 32.1. The maximum absolute atomic E-state index is 14.0. The van der Waals surface area contributed by atoms with Gasteiger partial charge in [0.25, 0.3) is 12.7 Å². The first-order valence-electron chi connectivity index (χ1n) is 16.2. The van der Waals surface area contributed by atoms with Gasteiger partial charge in [-0.15, -0.1) is 0 Å². The first-order valence-corrected chi connectivity index (χ1v) is 16.2. The number of hydrogen-bond acceptors (Lipinski definition) is 8. The number of esters is 1. The Hall–Kier alpha value is -4.49. The quantitative estimate of drug-likeness (QED) is 0.146. The minimum absolute atomic E-state index is 0.0460. The average Bonchev–Trinajstić information content (AvgIpc) is 3.68. The zero-order chi connectivity index (χ0) is 33.4. The largest absolute Gasteiger partial charge is 0.473 e. The van der Waals surface area contributed by atoms with Gasteiger partial charge in [-0.2, -0.15) is 5.10 Å². The number of carbonyl (C=O) groups excluding carboxylic acids is 1. The molecule has 0 saturated carbocycles. The topological polar surface area (TPSA) is 96.5 Å². The minimum Gasteiger partial charge on any atom is -0.473 e. The number of methoxy groups -OCH3 is 1. The Labute approximate surface area is 275 Å².